The molecule has 3 unspecified atom stereocenters. The molecule has 3 atom stereocenters. The van der Waals surface area contributed by atoms with Gasteiger partial charge in [0.25, 0.3) is 0 Å². The van der Waals surface area contributed by atoms with E-state index in [0.29, 0.717) is 12.0 Å². The Kier molecular flexibility index (Phi) is 3.47. The van der Waals surface area contributed by atoms with E-state index in [4.69, 9.17) is 5.73 Å². The second kappa shape index (κ2) is 5.27. The second-order valence-electron chi connectivity index (χ2n) is 5.85. The van der Waals surface area contributed by atoms with Crippen molar-refractivity contribution in [2.75, 3.05) is 11.1 Å². The summed E-state index contributed by atoms with van der Waals surface area (Å²) < 4.78 is 0. The quantitative estimate of drug-likeness (QED) is 0.838. The first-order chi connectivity index (χ1) is 9.69. The molecule has 1 fully saturated rings. The van der Waals surface area contributed by atoms with Crippen molar-refractivity contribution < 1.29 is 0 Å². The highest BCUT2D eigenvalue weighted by Gasteiger charge is 2.31. The van der Waals surface area contributed by atoms with Gasteiger partial charge in [0, 0.05) is 17.1 Å². The predicted octanol–water partition coefficient (Wildman–Crippen LogP) is 3.45. The van der Waals surface area contributed by atoms with Crippen LogP contribution in [-0.4, -0.2) is 16.0 Å². The fourth-order valence-corrected chi connectivity index (χ4v) is 3.39. The molecule has 1 aromatic carbocycles. The highest BCUT2D eigenvalue weighted by molar-refractivity contribution is 5.91. The van der Waals surface area contributed by atoms with Crippen molar-refractivity contribution in [3.05, 3.63) is 24.5 Å². The van der Waals surface area contributed by atoms with Gasteiger partial charge in [0.1, 0.15) is 12.1 Å². The molecule has 106 valence electrons. The highest BCUT2D eigenvalue weighted by Crippen LogP contribution is 2.36. The molecular formula is C16H22N4. The number of hydrogen-bond acceptors (Lipinski definition) is 4. The Hall–Kier alpha value is -1.84. The third-order valence-electron chi connectivity index (χ3n) is 4.73. The first kappa shape index (κ1) is 13.2. The van der Waals surface area contributed by atoms with Crippen LogP contribution in [0.5, 0.6) is 0 Å². The lowest BCUT2D eigenvalue weighted by molar-refractivity contribution is 0.391. The Morgan fingerprint density at radius 1 is 1.30 bits per heavy atom. The number of benzene rings is 1. The Balaban J connectivity index is 1.90. The van der Waals surface area contributed by atoms with Crippen LogP contribution in [0.2, 0.25) is 0 Å². The van der Waals surface area contributed by atoms with Gasteiger partial charge >= 0.3 is 0 Å². The fourth-order valence-electron chi connectivity index (χ4n) is 3.39. The van der Waals surface area contributed by atoms with Crippen molar-refractivity contribution in [2.45, 2.75) is 39.2 Å². The van der Waals surface area contributed by atoms with Crippen molar-refractivity contribution in [1.29, 1.82) is 0 Å². The maximum absolute atomic E-state index is 5.89. The standard InChI is InChI=1S/C16H22N4/c1-3-11-4-6-14(10(11)2)20-16-13-8-12(17)5-7-15(13)18-9-19-16/h5,7-11,14H,3-4,6,17H2,1-2H3,(H,18,19,20). The SMILES string of the molecule is CCC1CCC(Nc2ncnc3ccc(N)cc23)C1C. The van der Waals surface area contributed by atoms with Gasteiger partial charge < -0.3 is 11.1 Å². The van der Waals surface area contributed by atoms with Gasteiger partial charge in [-0.1, -0.05) is 20.3 Å². The smallest absolute Gasteiger partial charge is 0.137 e. The monoisotopic (exact) mass is 270 g/mol. The molecule has 4 nitrogen and oxygen atoms in total. The van der Waals surface area contributed by atoms with Gasteiger partial charge in [0.05, 0.1) is 5.52 Å². The van der Waals surface area contributed by atoms with Gasteiger partial charge in [0.15, 0.2) is 0 Å². The van der Waals surface area contributed by atoms with E-state index in [-0.39, 0.29) is 0 Å². The molecule has 0 radical (unpaired) electrons. The summed E-state index contributed by atoms with van der Waals surface area (Å²) in [7, 11) is 0. The van der Waals surface area contributed by atoms with Crippen LogP contribution in [0.25, 0.3) is 10.9 Å². The third-order valence-corrected chi connectivity index (χ3v) is 4.73. The topological polar surface area (TPSA) is 63.8 Å². The van der Waals surface area contributed by atoms with Crippen LogP contribution < -0.4 is 11.1 Å². The Labute approximate surface area is 119 Å². The van der Waals surface area contributed by atoms with Gasteiger partial charge in [-0.25, -0.2) is 9.97 Å². The molecule has 1 saturated carbocycles. The van der Waals surface area contributed by atoms with Crippen LogP contribution >= 0.6 is 0 Å². The van der Waals surface area contributed by atoms with Crippen LogP contribution in [-0.2, 0) is 0 Å². The van der Waals surface area contributed by atoms with Crippen molar-refractivity contribution in [3.63, 3.8) is 0 Å². The van der Waals surface area contributed by atoms with E-state index in [1.807, 2.05) is 18.2 Å². The first-order valence-electron chi connectivity index (χ1n) is 7.45. The van der Waals surface area contributed by atoms with Crippen molar-refractivity contribution >= 4 is 22.4 Å². The Bertz CT molecular complexity index is 610. The molecule has 2 aromatic rings. The van der Waals surface area contributed by atoms with E-state index in [2.05, 4.69) is 29.1 Å². The van der Waals surface area contributed by atoms with Crippen molar-refractivity contribution in [3.8, 4) is 0 Å². The van der Waals surface area contributed by atoms with Gasteiger partial charge in [-0.2, -0.15) is 0 Å². The average molecular weight is 270 g/mol. The zero-order valence-electron chi connectivity index (χ0n) is 12.1. The molecule has 0 amide bonds. The van der Waals surface area contributed by atoms with Crippen molar-refractivity contribution in [2.24, 2.45) is 11.8 Å². The number of nitrogens with two attached hydrogens (primary N) is 1. The van der Waals surface area contributed by atoms with Gasteiger partial charge in [-0.3, -0.25) is 0 Å². The molecule has 3 rings (SSSR count). The Morgan fingerprint density at radius 3 is 2.90 bits per heavy atom. The van der Waals surface area contributed by atoms with Crippen LogP contribution in [0.3, 0.4) is 0 Å². The normalized spacial score (nSPS) is 26.0. The van der Waals surface area contributed by atoms with E-state index in [9.17, 15) is 0 Å². The van der Waals surface area contributed by atoms with E-state index in [1.165, 1.54) is 19.3 Å². The van der Waals surface area contributed by atoms with Crippen LogP contribution in [0.15, 0.2) is 24.5 Å². The molecule has 0 spiro atoms. The number of anilines is 2. The van der Waals surface area contributed by atoms with Crippen LogP contribution in [0, 0.1) is 11.8 Å². The summed E-state index contributed by atoms with van der Waals surface area (Å²) in [5.41, 5.74) is 7.58. The number of fused-ring (bicyclic) bond motifs is 1. The largest absolute Gasteiger partial charge is 0.399 e. The lowest BCUT2D eigenvalue weighted by Gasteiger charge is -2.22. The predicted molar refractivity (Wildman–Crippen MR) is 83.5 cm³/mol. The molecule has 0 saturated heterocycles. The summed E-state index contributed by atoms with van der Waals surface area (Å²) in [6.45, 7) is 4.63. The van der Waals surface area contributed by atoms with Crippen LogP contribution in [0.1, 0.15) is 33.1 Å². The minimum atomic E-state index is 0.500. The number of aromatic nitrogens is 2. The average Bonchev–Trinajstić information content (AvgIpc) is 2.80. The molecule has 3 N–H and O–H groups in total. The summed E-state index contributed by atoms with van der Waals surface area (Å²) in [4.78, 5) is 8.72. The van der Waals surface area contributed by atoms with Gasteiger partial charge in [0.2, 0.25) is 0 Å². The van der Waals surface area contributed by atoms with Gasteiger partial charge in [-0.15, -0.1) is 0 Å². The molecule has 1 aliphatic carbocycles. The molecule has 1 aromatic heterocycles. The van der Waals surface area contributed by atoms with E-state index in [1.54, 1.807) is 6.33 Å². The third kappa shape index (κ3) is 2.30. The summed E-state index contributed by atoms with van der Waals surface area (Å²) in [6.07, 6.45) is 5.41. The summed E-state index contributed by atoms with van der Waals surface area (Å²) in [5, 5.41) is 4.63. The Morgan fingerprint density at radius 2 is 2.15 bits per heavy atom. The zero-order chi connectivity index (χ0) is 14.1. The lowest BCUT2D eigenvalue weighted by atomic mass is 9.93. The molecule has 0 aliphatic heterocycles. The highest BCUT2D eigenvalue weighted by atomic mass is 15.0. The van der Waals surface area contributed by atoms with Crippen LogP contribution in [0.4, 0.5) is 11.5 Å². The fraction of sp³-hybridized carbons (Fsp3) is 0.500. The molecule has 0 bridgehead atoms. The lowest BCUT2D eigenvalue weighted by Crippen LogP contribution is -2.25. The molecular weight excluding hydrogens is 248 g/mol. The van der Waals surface area contributed by atoms with E-state index in [0.717, 1.165) is 28.3 Å². The summed E-state index contributed by atoms with van der Waals surface area (Å²) in [6, 6.07) is 6.28. The van der Waals surface area contributed by atoms with Gasteiger partial charge in [-0.05, 0) is 42.9 Å². The first-order valence-corrected chi connectivity index (χ1v) is 7.45. The number of nitrogens with zero attached hydrogens (tertiary/aromatic N) is 2. The second-order valence-corrected chi connectivity index (χ2v) is 5.85. The molecule has 4 heteroatoms. The van der Waals surface area contributed by atoms with E-state index >= 15 is 0 Å². The number of nitrogen functional groups attached to an aromatic ring is 1. The summed E-state index contributed by atoms with van der Waals surface area (Å²) in [5.74, 6) is 2.42. The zero-order valence-corrected chi connectivity index (χ0v) is 12.1. The molecule has 20 heavy (non-hydrogen) atoms. The maximum atomic E-state index is 5.89. The minimum Gasteiger partial charge on any atom is -0.399 e. The molecule has 1 heterocycles. The number of nitrogens with one attached hydrogen (secondary N) is 1. The van der Waals surface area contributed by atoms with Crippen molar-refractivity contribution in [1.82, 2.24) is 9.97 Å². The number of rotatable bonds is 3. The maximum Gasteiger partial charge on any atom is 0.137 e. The minimum absolute atomic E-state index is 0.500. The number of hydrogen-bond donors (Lipinski definition) is 2. The summed E-state index contributed by atoms with van der Waals surface area (Å²) >= 11 is 0. The molecule has 1 aliphatic rings. The van der Waals surface area contributed by atoms with E-state index < -0.39 is 0 Å².